The third-order valence-electron chi connectivity index (χ3n) is 2.49. The second-order valence-corrected chi connectivity index (χ2v) is 4.39. The summed E-state index contributed by atoms with van der Waals surface area (Å²) in [6.45, 7) is 7.42. The number of nitrogens with zero attached hydrogens (tertiary/aromatic N) is 1. The first-order valence-electron chi connectivity index (χ1n) is 5.48. The molecule has 16 heavy (non-hydrogen) atoms. The highest BCUT2D eigenvalue weighted by Crippen LogP contribution is 2.22. The molecule has 0 fully saturated rings. The summed E-state index contributed by atoms with van der Waals surface area (Å²) in [6.07, 6.45) is 0. The smallest absolute Gasteiger partial charge is 0.258 e. The van der Waals surface area contributed by atoms with Gasteiger partial charge >= 0.3 is 0 Å². The zero-order chi connectivity index (χ0) is 12.3. The van der Waals surface area contributed by atoms with Crippen LogP contribution in [0.5, 0.6) is 0 Å². The molecule has 0 aliphatic carbocycles. The molecular formula is C13H19NO2. The number of hydrogen-bond acceptors (Lipinski definition) is 2. The Hall–Kier alpha value is -1.35. The molecule has 3 heteroatoms. The van der Waals surface area contributed by atoms with E-state index in [-0.39, 0.29) is 5.91 Å². The molecule has 1 aromatic carbocycles. The van der Waals surface area contributed by atoms with Gasteiger partial charge in [0, 0.05) is 12.2 Å². The molecule has 0 aliphatic heterocycles. The quantitative estimate of drug-likeness (QED) is 0.849. The van der Waals surface area contributed by atoms with Crippen molar-refractivity contribution in [3.05, 3.63) is 29.8 Å². The largest absolute Gasteiger partial charge is 0.381 e. The number of benzene rings is 1. The summed E-state index contributed by atoms with van der Waals surface area (Å²) in [5, 5.41) is 9.75. The van der Waals surface area contributed by atoms with Gasteiger partial charge in [-0.05, 0) is 39.3 Å². The Labute approximate surface area is 96.7 Å². The molecule has 0 aromatic heterocycles. The van der Waals surface area contributed by atoms with Gasteiger partial charge in [-0.3, -0.25) is 4.79 Å². The summed E-state index contributed by atoms with van der Waals surface area (Å²) in [4.78, 5) is 13.6. The van der Waals surface area contributed by atoms with E-state index in [0.717, 1.165) is 11.3 Å². The number of para-hydroxylation sites is 1. The molecule has 0 bridgehead atoms. The van der Waals surface area contributed by atoms with Crippen LogP contribution in [0.3, 0.4) is 0 Å². The Kier molecular flexibility index (Phi) is 3.70. The maximum Gasteiger partial charge on any atom is 0.258 e. The number of hydrogen-bond donors (Lipinski definition) is 1. The minimum atomic E-state index is -1.34. The van der Waals surface area contributed by atoms with Crippen LogP contribution in [0.25, 0.3) is 0 Å². The lowest BCUT2D eigenvalue weighted by molar-refractivity contribution is -0.133. The maximum absolute atomic E-state index is 12.0. The lowest BCUT2D eigenvalue weighted by Gasteiger charge is -2.28. The van der Waals surface area contributed by atoms with E-state index in [2.05, 4.69) is 0 Å². The molecule has 0 aliphatic rings. The molecule has 1 amide bonds. The summed E-state index contributed by atoms with van der Waals surface area (Å²) in [5.41, 5.74) is 0.553. The van der Waals surface area contributed by atoms with Crippen molar-refractivity contribution < 1.29 is 9.90 Å². The molecule has 0 radical (unpaired) electrons. The summed E-state index contributed by atoms with van der Waals surface area (Å²) < 4.78 is 0. The van der Waals surface area contributed by atoms with Gasteiger partial charge in [-0.15, -0.1) is 0 Å². The van der Waals surface area contributed by atoms with E-state index in [1.165, 1.54) is 13.8 Å². The van der Waals surface area contributed by atoms with Crippen molar-refractivity contribution in [3.8, 4) is 0 Å². The van der Waals surface area contributed by atoms with Crippen molar-refractivity contribution in [2.45, 2.75) is 33.3 Å². The standard InChI is InChI=1S/C13H19NO2/c1-5-14(12(15)13(3,4)16)11-9-7-6-8-10(11)2/h6-9,16H,5H2,1-4H3. The molecule has 1 N–H and O–H groups in total. The van der Waals surface area contributed by atoms with Gasteiger partial charge in [0.1, 0.15) is 5.60 Å². The molecular weight excluding hydrogens is 202 g/mol. The molecule has 1 aromatic rings. The van der Waals surface area contributed by atoms with Crippen LogP contribution >= 0.6 is 0 Å². The second kappa shape index (κ2) is 4.66. The molecule has 0 atom stereocenters. The number of amides is 1. The highest BCUT2D eigenvalue weighted by atomic mass is 16.3. The zero-order valence-electron chi connectivity index (χ0n) is 10.3. The Morgan fingerprint density at radius 2 is 1.94 bits per heavy atom. The fraction of sp³-hybridized carbons (Fsp3) is 0.462. The minimum Gasteiger partial charge on any atom is -0.381 e. The summed E-state index contributed by atoms with van der Waals surface area (Å²) >= 11 is 0. The van der Waals surface area contributed by atoms with Gasteiger partial charge in [0.2, 0.25) is 0 Å². The van der Waals surface area contributed by atoms with Gasteiger partial charge < -0.3 is 10.0 Å². The third kappa shape index (κ3) is 2.61. The average Bonchev–Trinajstić information content (AvgIpc) is 2.20. The maximum atomic E-state index is 12.0. The van der Waals surface area contributed by atoms with Crippen molar-refractivity contribution in [2.75, 3.05) is 11.4 Å². The van der Waals surface area contributed by atoms with E-state index in [0.29, 0.717) is 6.54 Å². The van der Waals surface area contributed by atoms with E-state index < -0.39 is 5.60 Å². The number of carbonyl (C=O) groups excluding carboxylic acids is 1. The minimum absolute atomic E-state index is 0.274. The number of rotatable bonds is 3. The van der Waals surface area contributed by atoms with Gasteiger partial charge in [0.05, 0.1) is 0 Å². The Morgan fingerprint density at radius 1 is 1.38 bits per heavy atom. The van der Waals surface area contributed by atoms with Gasteiger partial charge in [-0.25, -0.2) is 0 Å². The van der Waals surface area contributed by atoms with Crippen molar-refractivity contribution in [1.82, 2.24) is 0 Å². The molecule has 88 valence electrons. The molecule has 0 spiro atoms. The number of anilines is 1. The van der Waals surface area contributed by atoms with Crippen LogP contribution in [0.4, 0.5) is 5.69 Å². The highest BCUT2D eigenvalue weighted by molar-refractivity contribution is 5.99. The predicted molar refractivity (Wildman–Crippen MR) is 65.5 cm³/mol. The van der Waals surface area contributed by atoms with Crippen molar-refractivity contribution in [1.29, 1.82) is 0 Å². The van der Waals surface area contributed by atoms with Crippen LogP contribution < -0.4 is 4.90 Å². The van der Waals surface area contributed by atoms with Crippen LogP contribution in [0.2, 0.25) is 0 Å². The molecule has 1 rings (SSSR count). The number of aryl methyl sites for hydroxylation is 1. The monoisotopic (exact) mass is 221 g/mol. The lowest BCUT2D eigenvalue weighted by Crippen LogP contribution is -2.45. The van der Waals surface area contributed by atoms with Crippen LogP contribution in [-0.2, 0) is 4.79 Å². The van der Waals surface area contributed by atoms with E-state index in [1.54, 1.807) is 4.90 Å². The van der Waals surface area contributed by atoms with E-state index >= 15 is 0 Å². The van der Waals surface area contributed by atoms with Crippen LogP contribution in [0.15, 0.2) is 24.3 Å². The molecule has 0 saturated carbocycles. The zero-order valence-corrected chi connectivity index (χ0v) is 10.3. The Bertz CT molecular complexity index is 380. The molecule has 0 unspecified atom stereocenters. The summed E-state index contributed by atoms with van der Waals surface area (Å²) in [7, 11) is 0. The normalized spacial score (nSPS) is 11.3. The third-order valence-corrected chi connectivity index (χ3v) is 2.49. The van der Waals surface area contributed by atoms with Crippen LogP contribution in [0, 0.1) is 6.92 Å². The van der Waals surface area contributed by atoms with Crippen LogP contribution in [-0.4, -0.2) is 23.2 Å². The number of likely N-dealkylation sites (N-methyl/N-ethyl adjacent to an activating group) is 1. The first kappa shape index (κ1) is 12.7. The Balaban J connectivity index is 3.09. The van der Waals surface area contributed by atoms with E-state index in [4.69, 9.17) is 0 Å². The van der Waals surface area contributed by atoms with E-state index in [1.807, 2.05) is 38.1 Å². The molecule has 0 heterocycles. The van der Waals surface area contributed by atoms with Crippen molar-refractivity contribution in [2.24, 2.45) is 0 Å². The summed E-state index contributed by atoms with van der Waals surface area (Å²) in [5.74, 6) is -0.274. The van der Waals surface area contributed by atoms with Crippen LogP contribution in [0.1, 0.15) is 26.3 Å². The van der Waals surface area contributed by atoms with Gasteiger partial charge in [0.25, 0.3) is 5.91 Å². The predicted octanol–water partition coefficient (Wildman–Crippen LogP) is 2.12. The fourth-order valence-electron chi connectivity index (χ4n) is 1.62. The topological polar surface area (TPSA) is 40.5 Å². The highest BCUT2D eigenvalue weighted by Gasteiger charge is 2.29. The van der Waals surface area contributed by atoms with Gasteiger partial charge in [-0.2, -0.15) is 0 Å². The lowest BCUT2D eigenvalue weighted by atomic mass is 10.1. The first-order valence-corrected chi connectivity index (χ1v) is 5.48. The number of aliphatic hydroxyl groups is 1. The SMILES string of the molecule is CCN(C(=O)C(C)(C)O)c1ccccc1C. The van der Waals surface area contributed by atoms with Gasteiger partial charge in [-0.1, -0.05) is 18.2 Å². The summed E-state index contributed by atoms with van der Waals surface area (Å²) in [6, 6.07) is 7.67. The number of carbonyl (C=O) groups is 1. The Morgan fingerprint density at radius 3 is 2.38 bits per heavy atom. The second-order valence-electron chi connectivity index (χ2n) is 4.39. The van der Waals surface area contributed by atoms with Crippen molar-refractivity contribution in [3.63, 3.8) is 0 Å². The van der Waals surface area contributed by atoms with E-state index in [9.17, 15) is 9.90 Å². The van der Waals surface area contributed by atoms with Crippen molar-refractivity contribution >= 4 is 11.6 Å². The first-order chi connectivity index (χ1) is 7.38. The average molecular weight is 221 g/mol. The molecule has 3 nitrogen and oxygen atoms in total. The molecule has 0 saturated heterocycles. The fourth-order valence-corrected chi connectivity index (χ4v) is 1.62. The van der Waals surface area contributed by atoms with Gasteiger partial charge in [0.15, 0.2) is 0 Å².